The number of aliphatic hydroxyl groups is 1. The fourth-order valence-electron chi connectivity index (χ4n) is 6.46. The number of methoxy groups -OCH3 is 1. The van der Waals surface area contributed by atoms with Crippen molar-refractivity contribution in [1.82, 2.24) is 4.90 Å². The van der Waals surface area contributed by atoms with Crippen molar-refractivity contribution in [1.29, 1.82) is 0 Å². The lowest BCUT2D eigenvalue weighted by atomic mass is 9.49. The van der Waals surface area contributed by atoms with Crippen LogP contribution in [-0.4, -0.2) is 76.3 Å². The maximum absolute atomic E-state index is 12.9. The summed E-state index contributed by atoms with van der Waals surface area (Å²) in [4.78, 5) is 26.0. The molecule has 1 saturated carbocycles. The van der Waals surface area contributed by atoms with Gasteiger partial charge in [-0.15, -0.1) is 0 Å². The maximum Gasteiger partial charge on any atom is 0.304 e. The molecular weight excluding hydrogens is 418 g/mol. The first-order chi connectivity index (χ1) is 14.9. The SMILES string of the molecule is COc1ccc2c3c1O[C@H]1C(=O)CC[C@@]4(O)[C@@H](C2)N(CCCSCCC(=O)O)CC[C@]314. The monoisotopic (exact) mass is 447 g/mol. The molecule has 0 amide bonds. The highest BCUT2D eigenvalue weighted by molar-refractivity contribution is 7.99. The van der Waals surface area contributed by atoms with Gasteiger partial charge in [-0.1, -0.05) is 6.07 Å². The first kappa shape index (κ1) is 21.1. The third kappa shape index (κ3) is 2.94. The van der Waals surface area contributed by atoms with Crippen molar-refractivity contribution in [3.8, 4) is 11.5 Å². The smallest absolute Gasteiger partial charge is 0.304 e. The molecule has 2 aliphatic carbocycles. The Morgan fingerprint density at radius 2 is 2.19 bits per heavy atom. The van der Waals surface area contributed by atoms with Crippen molar-refractivity contribution in [2.75, 3.05) is 31.7 Å². The molecule has 0 radical (unpaired) electrons. The molecule has 1 spiro atoms. The highest BCUT2D eigenvalue weighted by Gasteiger charge is 2.73. The molecule has 7 nitrogen and oxygen atoms in total. The summed E-state index contributed by atoms with van der Waals surface area (Å²) in [5, 5.41) is 21.0. The maximum atomic E-state index is 12.9. The van der Waals surface area contributed by atoms with Gasteiger partial charge in [-0.3, -0.25) is 14.5 Å². The van der Waals surface area contributed by atoms with E-state index in [0.717, 1.165) is 42.8 Å². The van der Waals surface area contributed by atoms with Gasteiger partial charge in [0.25, 0.3) is 0 Å². The molecule has 0 aromatic heterocycles. The van der Waals surface area contributed by atoms with Crippen LogP contribution in [0.2, 0.25) is 0 Å². The molecular formula is C23H29NO6S. The van der Waals surface area contributed by atoms with Crippen LogP contribution in [0.25, 0.3) is 0 Å². The largest absolute Gasteiger partial charge is 0.493 e. The van der Waals surface area contributed by atoms with E-state index < -0.39 is 23.1 Å². The Bertz CT molecular complexity index is 922. The number of ketones is 1. The quantitative estimate of drug-likeness (QED) is 0.585. The minimum absolute atomic E-state index is 0.0451. The van der Waals surface area contributed by atoms with Gasteiger partial charge in [0.1, 0.15) is 0 Å². The second kappa shape index (κ2) is 7.67. The Labute approximate surface area is 186 Å². The lowest BCUT2D eigenvalue weighted by Crippen LogP contribution is -2.76. The first-order valence-corrected chi connectivity index (χ1v) is 12.2. The van der Waals surface area contributed by atoms with Gasteiger partial charge < -0.3 is 19.7 Å². The zero-order chi connectivity index (χ0) is 21.8. The number of carboxylic acids is 1. The predicted molar refractivity (Wildman–Crippen MR) is 116 cm³/mol. The van der Waals surface area contributed by atoms with E-state index in [1.807, 2.05) is 6.07 Å². The first-order valence-electron chi connectivity index (χ1n) is 11.1. The molecule has 1 aromatic carbocycles. The summed E-state index contributed by atoms with van der Waals surface area (Å²) < 4.78 is 11.8. The molecule has 1 saturated heterocycles. The van der Waals surface area contributed by atoms with Gasteiger partial charge in [-0.05, 0) is 56.2 Å². The molecule has 2 aliphatic heterocycles. The number of benzene rings is 1. The number of aliphatic carboxylic acids is 1. The summed E-state index contributed by atoms with van der Waals surface area (Å²) in [7, 11) is 1.61. The van der Waals surface area contributed by atoms with Crippen LogP contribution in [-0.2, 0) is 21.4 Å². The van der Waals surface area contributed by atoms with Gasteiger partial charge >= 0.3 is 5.97 Å². The van der Waals surface area contributed by atoms with Crippen molar-refractivity contribution in [3.63, 3.8) is 0 Å². The number of carboxylic acid groups (broad SMARTS) is 1. The lowest BCUT2D eigenvalue weighted by molar-refractivity contribution is -0.188. The van der Waals surface area contributed by atoms with Gasteiger partial charge in [0.05, 0.1) is 24.5 Å². The molecule has 168 valence electrons. The van der Waals surface area contributed by atoms with E-state index in [0.29, 0.717) is 36.5 Å². The van der Waals surface area contributed by atoms with E-state index in [1.165, 1.54) is 0 Å². The Hall–Kier alpha value is -1.77. The third-order valence-corrected chi connectivity index (χ3v) is 8.84. The zero-order valence-electron chi connectivity index (χ0n) is 17.8. The number of rotatable bonds is 8. The summed E-state index contributed by atoms with van der Waals surface area (Å²) in [5.74, 6) is 2.15. The lowest BCUT2D eigenvalue weighted by Gasteiger charge is -2.62. The average molecular weight is 448 g/mol. The third-order valence-electron chi connectivity index (χ3n) is 7.77. The van der Waals surface area contributed by atoms with Gasteiger partial charge in [-0.25, -0.2) is 0 Å². The minimum atomic E-state index is -0.995. The van der Waals surface area contributed by atoms with Gasteiger partial charge in [0.15, 0.2) is 23.4 Å². The Balaban J connectivity index is 1.42. The molecule has 2 N–H and O–H groups in total. The predicted octanol–water partition coefficient (Wildman–Crippen LogP) is 2.02. The van der Waals surface area contributed by atoms with Crippen molar-refractivity contribution < 1.29 is 29.3 Å². The standard InChI is InChI=1S/C23H29NO6S/c1-29-16-4-3-14-13-17-23(28)7-5-15(25)21-22(23,19(14)20(16)30-21)8-10-24(17)9-2-11-31-12-6-18(26)27/h3-4,17,21,28H,2,5-13H2,1H3,(H,26,27)/t17-,21+,22+,23-/m1/s1. The molecule has 2 fully saturated rings. The highest BCUT2D eigenvalue weighted by Crippen LogP contribution is 2.64. The summed E-state index contributed by atoms with van der Waals surface area (Å²) in [6.07, 6.45) is 2.74. The number of hydrogen-bond acceptors (Lipinski definition) is 7. The Morgan fingerprint density at radius 3 is 2.97 bits per heavy atom. The van der Waals surface area contributed by atoms with Gasteiger partial charge in [0.2, 0.25) is 0 Å². The molecule has 2 bridgehead atoms. The summed E-state index contributed by atoms with van der Waals surface area (Å²) >= 11 is 1.67. The number of piperidine rings is 1. The number of Topliss-reactive ketones (excluding diaryl/α,β-unsaturated/α-hetero) is 1. The summed E-state index contributed by atoms with van der Waals surface area (Å²) in [6, 6.07) is 3.94. The van der Waals surface area contributed by atoms with E-state index in [9.17, 15) is 14.7 Å². The number of ether oxygens (including phenoxy) is 2. The molecule has 5 rings (SSSR count). The van der Waals surface area contributed by atoms with Crippen LogP contribution in [0, 0.1) is 0 Å². The van der Waals surface area contributed by atoms with E-state index in [2.05, 4.69) is 11.0 Å². The van der Waals surface area contributed by atoms with Crippen LogP contribution >= 0.6 is 11.8 Å². The highest BCUT2D eigenvalue weighted by atomic mass is 32.2. The molecule has 2 heterocycles. The molecule has 4 atom stereocenters. The Kier molecular flexibility index (Phi) is 5.22. The van der Waals surface area contributed by atoms with Crippen LogP contribution in [0.15, 0.2) is 12.1 Å². The van der Waals surface area contributed by atoms with Crippen molar-refractivity contribution in [2.24, 2.45) is 0 Å². The van der Waals surface area contributed by atoms with E-state index >= 15 is 0 Å². The average Bonchev–Trinajstić information content (AvgIpc) is 3.10. The zero-order valence-corrected chi connectivity index (χ0v) is 18.6. The molecule has 0 unspecified atom stereocenters. The van der Waals surface area contributed by atoms with Crippen LogP contribution in [0.5, 0.6) is 11.5 Å². The number of thioether (sulfide) groups is 1. The molecule has 1 aromatic rings. The van der Waals surface area contributed by atoms with Crippen molar-refractivity contribution >= 4 is 23.5 Å². The second-order valence-electron chi connectivity index (χ2n) is 9.11. The van der Waals surface area contributed by atoms with Gasteiger partial charge in [-0.2, -0.15) is 11.8 Å². The molecule has 4 aliphatic rings. The van der Waals surface area contributed by atoms with Gasteiger partial charge in [0, 0.05) is 23.8 Å². The van der Waals surface area contributed by atoms with E-state index in [1.54, 1.807) is 18.9 Å². The van der Waals surface area contributed by atoms with Crippen molar-refractivity contribution in [3.05, 3.63) is 23.3 Å². The Morgan fingerprint density at radius 1 is 1.35 bits per heavy atom. The van der Waals surface area contributed by atoms with Crippen LogP contribution in [0.4, 0.5) is 0 Å². The van der Waals surface area contributed by atoms with Crippen LogP contribution in [0.1, 0.15) is 43.2 Å². The van der Waals surface area contributed by atoms with Crippen molar-refractivity contribution in [2.45, 2.75) is 61.7 Å². The fraction of sp³-hybridized carbons (Fsp3) is 0.652. The molecule has 31 heavy (non-hydrogen) atoms. The van der Waals surface area contributed by atoms with E-state index in [4.69, 9.17) is 14.6 Å². The molecule has 8 heteroatoms. The summed E-state index contributed by atoms with van der Waals surface area (Å²) in [6.45, 7) is 1.68. The summed E-state index contributed by atoms with van der Waals surface area (Å²) in [5.41, 5.74) is 0.484. The second-order valence-corrected chi connectivity index (χ2v) is 10.3. The fourth-order valence-corrected chi connectivity index (χ4v) is 7.32. The number of carbonyl (C=O) groups excluding carboxylic acids is 1. The minimum Gasteiger partial charge on any atom is -0.493 e. The topological polar surface area (TPSA) is 96.3 Å². The number of likely N-dealkylation sites (tertiary alicyclic amines) is 1. The number of carbonyl (C=O) groups is 2. The van der Waals surface area contributed by atoms with E-state index in [-0.39, 0.29) is 18.2 Å². The van der Waals surface area contributed by atoms with Crippen LogP contribution < -0.4 is 9.47 Å². The van der Waals surface area contributed by atoms with Crippen LogP contribution in [0.3, 0.4) is 0 Å². The normalized spacial score (nSPS) is 33.0. The number of hydrogen-bond donors (Lipinski definition) is 2. The number of nitrogens with zero attached hydrogens (tertiary/aromatic N) is 1.